The molecular formula is C16H38ClOP. The fraction of sp³-hybridized carbons (Fsp3) is 0.875. The molecule has 0 radical (unpaired) electrons. The zero-order chi connectivity index (χ0) is 14.3. The van der Waals surface area contributed by atoms with Crippen molar-refractivity contribution < 1.29 is 5.11 Å². The van der Waals surface area contributed by atoms with Gasteiger partial charge in [0, 0.05) is 7.11 Å². The molecule has 0 amide bonds. The fourth-order valence-electron chi connectivity index (χ4n) is 2.64. The molecule has 0 aliphatic rings. The number of rotatable bonds is 11. The first-order valence-corrected chi connectivity index (χ1v) is 10.6. The van der Waals surface area contributed by atoms with Gasteiger partial charge in [-0.25, -0.2) is 0 Å². The summed E-state index contributed by atoms with van der Waals surface area (Å²) in [6.45, 7) is 11.0. The standard InChI is InChI=1S/C15H33P.CH4O.ClH/c1-5-9-13-16(12-8-4,14-10-6-2)15-11-7-3;1-2;/h8,16H,4-7,9-15H2,1-3H3;2H,1H3;1H. The Balaban J connectivity index is -0.000000809. The van der Waals surface area contributed by atoms with Crippen LogP contribution >= 0.6 is 19.7 Å². The maximum atomic E-state index is 7.00. The maximum Gasteiger partial charge on any atom is 0.0319 e. The predicted octanol–water partition coefficient (Wildman–Crippen LogP) is 5.35. The van der Waals surface area contributed by atoms with E-state index in [1.807, 2.05) is 0 Å². The molecule has 19 heavy (non-hydrogen) atoms. The molecule has 0 bridgehead atoms. The van der Waals surface area contributed by atoms with Gasteiger partial charge in [-0.2, -0.15) is 0 Å². The van der Waals surface area contributed by atoms with Crippen molar-refractivity contribution >= 4 is 19.7 Å². The molecule has 0 unspecified atom stereocenters. The average molecular weight is 313 g/mol. The van der Waals surface area contributed by atoms with Crippen LogP contribution in [0.5, 0.6) is 0 Å². The van der Waals surface area contributed by atoms with Crippen LogP contribution in [-0.2, 0) is 0 Å². The van der Waals surface area contributed by atoms with Gasteiger partial charge in [-0.05, 0) is 0 Å². The van der Waals surface area contributed by atoms with Crippen molar-refractivity contribution in [3.63, 3.8) is 0 Å². The van der Waals surface area contributed by atoms with Gasteiger partial charge in [0.05, 0.1) is 0 Å². The summed E-state index contributed by atoms with van der Waals surface area (Å²) in [6, 6.07) is 0. The first kappa shape index (κ1) is 24.4. The Morgan fingerprint density at radius 3 is 1.37 bits per heavy atom. The molecule has 0 rings (SSSR count). The maximum absolute atomic E-state index is 7.00. The van der Waals surface area contributed by atoms with Gasteiger partial charge in [0.1, 0.15) is 0 Å². The topological polar surface area (TPSA) is 20.2 Å². The van der Waals surface area contributed by atoms with E-state index in [4.69, 9.17) is 5.11 Å². The number of allylic oxidation sites excluding steroid dienone is 1. The molecule has 0 aromatic rings. The molecule has 3 heteroatoms. The monoisotopic (exact) mass is 312 g/mol. The van der Waals surface area contributed by atoms with Crippen LogP contribution in [0.4, 0.5) is 0 Å². The van der Waals surface area contributed by atoms with Crippen molar-refractivity contribution in [3.8, 4) is 0 Å². The van der Waals surface area contributed by atoms with Crippen molar-refractivity contribution in [2.75, 3.05) is 31.8 Å². The molecule has 1 nitrogen and oxygen atoms in total. The minimum Gasteiger partial charge on any atom is -0.400 e. The quantitative estimate of drug-likeness (QED) is 0.402. The van der Waals surface area contributed by atoms with Gasteiger partial charge in [-0.1, -0.05) is 0 Å². The summed E-state index contributed by atoms with van der Waals surface area (Å²) in [5.74, 6) is 0. The Morgan fingerprint density at radius 1 is 0.842 bits per heavy atom. The number of aliphatic hydroxyl groups excluding tert-OH is 1. The van der Waals surface area contributed by atoms with E-state index < -0.39 is 7.26 Å². The second kappa shape index (κ2) is 18.4. The summed E-state index contributed by atoms with van der Waals surface area (Å²) in [6.07, 6.45) is 16.7. The Labute approximate surface area is 129 Å². The zero-order valence-corrected chi connectivity index (χ0v) is 15.5. The average Bonchev–Trinajstić information content (AvgIpc) is 2.43. The van der Waals surface area contributed by atoms with E-state index in [1.54, 1.807) is 18.5 Å². The second-order valence-corrected chi connectivity index (χ2v) is 10.2. The summed E-state index contributed by atoms with van der Waals surface area (Å²) in [7, 11) is 0.0235. The molecule has 0 aliphatic carbocycles. The Kier molecular flexibility index (Phi) is 23.7. The van der Waals surface area contributed by atoms with Crippen molar-refractivity contribution in [1.82, 2.24) is 0 Å². The van der Waals surface area contributed by atoms with Gasteiger partial charge in [-0.15, -0.1) is 12.4 Å². The third kappa shape index (κ3) is 13.2. The third-order valence-electron chi connectivity index (χ3n) is 3.76. The van der Waals surface area contributed by atoms with Gasteiger partial charge < -0.3 is 5.11 Å². The Bertz CT molecular complexity index is 152. The number of hydrogen-bond acceptors (Lipinski definition) is 1. The SMILES string of the molecule is C=CC[PH](CCCC)(CCCC)CCCC.CO.Cl. The van der Waals surface area contributed by atoms with Gasteiger partial charge in [0.25, 0.3) is 0 Å². The third-order valence-corrected chi connectivity index (χ3v) is 9.16. The van der Waals surface area contributed by atoms with Crippen molar-refractivity contribution in [2.24, 2.45) is 0 Å². The largest absolute Gasteiger partial charge is 0.400 e. The molecule has 0 spiro atoms. The van der Waals surface area contributed by atoms with E-state index in [0.717, 1.165) is 7.11 Å². The number of hydrogen-bond donors (Lipinski definition) is 1. The number of unbranched alkanes of at least 4 members (excludes halogenated alkanes) is 3. The summed E-state index contributed by atoms with van der Waals surface area (Å²) < 4.78 is 0. The van der Waals surface area contributed by atoms with Crippen LogP contribution in [0.2, 0.25) is 0 Å². The smallest absolute Gasteiger partial charge is 0.0319 e. The minimum atomic E-state index is -0.976. The van der Waals surface area contributed by atoms with Crippen LogP contribution in [0.1, 0.15) is 59.3 Å². The molecule has 0 saturated heterocycles. The minimum absolute atomic E-state index is 0. The van der Waals surface area contributed by atoms with E-state index >= 15 is 0 Å². The Morgan fingerprint density at radius 2 is 1.16 bits per heavy atom. The molecule has 0 aromatic carbocycles. The van der Waals surface area contributed by atoms with Crippen molar-refractivity contribution in [2.45, 2.75) is 59.3 Å². The second-order valence-electron chi connectivity index (χ2n) is 5.30. The molecule has 1 N–H and O–H groups in total. The van der Waals surface area contributed by atoms with Crippen LogP contribution in [0.25, 0.3) is 0 Å². The molecule has 0 saturated carbocycles. The van der Waals surface area contributed by atoms with Crippen LogP contribution in [0, 0.1) is 0 Å². The zero-order valence-electron chi connectivity index (χ0n) is 13.7. The fourth-order valence-corrected chi connectivity index (χ4v) is 7.93. The molecule has 120 valence electrons. The van der Waals surface area contributed by atoms with E-state index in [2.05, 4.69) is 33.4 Å². The van der Waals surface area contributed by atoms with Crippen LogP contribution in [0.15, 0.2) is 12.7 Å². The van der Waals surface area contributed by atoms with Crippen LogP contribution < -0.4 is 0 Å². The van der Waals surface area contributed by atoms with Gasteiger partial charge in [-0.3, -0.25) is 0 Å². The normalized spacial score (nSPS) is 11.0. The number of halogens is 1. The Hall–Kier alpha value is 0.420. The first-order chi connectivity index (χ1) is 8.74. The molecule has 0 aliphatic heterocycles. The van der Waals surface area contributed by atoms with Crippen molar-refractivity contribution in [3.05, 3.63) is 12.7 Å². The summed E-state index contributed by atoms with van der Waals surface area (Å²) >= 11 is 0. The summed E-state index contributed by atoms with van der Waals surface area (Å²) in [5, 5.41) is 7.00. The first-order valence-electron chi connectivity index (χ1n) is 7.80. The molecule has 0 aromatic heterocycles. The van der Waals surface area contributed by atoms with E-state index in [9.17, 15) is 0 Å². The molecule has 0 fully saturated rings. The van der Waals surface area contributed by atoms with Gasteiger partial charge in [0.2, 0.25) is 0 Å². The summed E-state index contributed by atoms with van der Waals surface area (Å²) in [4.78, 5) is 0. The summed E-state index contributed by atoms with van der Waals surface area (Å²) in [5.41, 5.74) is 0. The van der Waals surface area contributed by atoms with E-state index in [-0.39, 0.29) is 12.4 Å². The molecular weight excluding hydrogens is 275 g/mol. The van der Waals surface area contributed by atoms with Crippen LogP contribution in [0.3, 0.4) is 0 Å². The predicted molar refractivity (Wildman–Crippen MR) is 98.1 cm³/mol. The van der Waals surface area contributed by atoms with E-state index in [0.29, 0.717) is 0 Å². The van der Waals surface area contributed by atoms with Gasteiger partial charge >= 0.3 is 104 Å². The van der Waals surface area contributed by atoms with E-state index in [1.165, 1.54) is 44.7 Å². The number of aliphatic hydroxyl groups is 1. The van der Waals surface area contributed by atoms with Gasteiger partial charge in [0.15, 0.2) is 0 Å². The van der Waals surface area contributed by atoms with Crippen molar-refractivity contribution in [1.29, 1.82) is 0 Å². The molecule has 0 heterocycles. The van der Waals surface area contributed by atoms with Crippen LogP contribution in [-0.4, -0.2) is 36.9 Å². The molecule has 0 atom stereocenters.